The van der Waals surface area contributed by atoms with Crippen molar-refractivity contribution in [2.75, 3.05) is 20.1 Å². The van der Waals surface area contributed by atoms with Crippen molar-refractivity contribution < 1.29 is 4.79 Å². The molecule has 1 saturated heterocycles. The molecule has 1 aromatic carbocycles. The Balaban J connectivity index is 1.65. The number of benzene rings is 1. The van der Waals surface area contributed by atoms with Crippen molar-refractivity contribution >= 4 is 17.7 Å². The maximum absolute atomic E-state index is 12.6. The standard InChI is InChI=1S/C15H20N2OS/c1-17(12-6-4-8-16-10-12)15(18)14-9-11-5-2-3-7-13(11)19-14/h2-3,5,7,12,14,16H,4,6,8-10H2,1H3. The van der Waals surface area contributed by atoms with Gasteiger partial charge in [0.05, 0.1) is 5.25 Å². The van der Waals surface area contributed by atoms with Crippen LogP contribution in [0.1, 0.15) is 18.4 Å². The number of hydrogen-bond acceptors (Lipinski definition) is 3. The van der Waals surface area contributed by atoms with Gasteiger partial charge in [-0.3, -0.25) is 4.79 Å². The van der Waals surface area contributed by atoms with E-state index in [0.717, 1.165) is 25.9 Å². The van der Waals surface area contributed by atoms with E-state index in [1.54, 1.807) is 11.8 Å². The number of fused-ring (bicyclic) bond motifs is 1. The van der Waals surface area contributed by atoms with Crippen molar-refractivity contribution in [2.24, 2.45) is 0 Å². The van der Waals surface area contributed by atoms with Gasteiger partial charge in [-0.1, -0.05) is 18.2 Å². The summed E-state index contributed by atoms with van der Waals surface area (Å²) in [5.74, 6) is 0.287. The Morgan fingerprint density at radius 1 is 1.42 bits per heavy atom. The molecule has 1 N–H and O–H groups in total. The van der Waals surface area contributed by atoms with Gasteiger partial charge < -0.3 is 10.2 Å². The van der Waals surface area contributed by atoms with Gasteiger partial charge in [-0.05, 0) is 37.4 Å². The Kier molecular flexibility index (Phi) is 3.80. The molecule has 0 aromatic heterocycles. The van der Waals surface area contributed by atoms with Crippen LogP contribution in [0.15, 0.2) is 29.2 Å². The van der Waals surface area contributed by atoms with Crippen molar-refractivity contribution in [1.82, 2.24) is 10.2 Å². The van der Waals surface area contributed by atoms with Crippen LogP contribution >= 0.6 is 11.8 Å². The Labute approximate surface area is 118 Å². The van der Waals surface area contributed by atoms with Gasteiger partial charge in [-0.15, -0.1) is 11.8 Å². The molecule has 2 aliphatic rings. The smallest absolute Gasteiger partial charge is 0.236 e. The lowest BCUT2D eigenvalue weighted by molar-refractivity contribution is -0.131. The summed E-state index contributed by atoms with van der Waals surface area (Å²) in [4.78, 5) is 15.8. The van der Waals surface area contributed by atoms with Gasteiger partial charge in [-0.25, -0.2) is 0 Å². The predicted octanol–water partition coefficient (Wildman–Crippen LogP) is 1.91. The van der Waals surface area contributed by atoms with Gasteiger partial charge in [0, 0.05) is 24.5 Å². The molecule has 2 heterocycles. The first kappa shape index (κ1) is 13.0. The number of amides is 1. The molecule has 3 nitrogen and oxygen atoms in total. The summed E-state index contributed by atoms with van der Waals surface area (Å²) >= 11 is 1.72. The van der Waals surface area contributed by atoms with Crippen LogP contribution in [-0.2, 0) is 11.2 Å². The summed E-state index contributed by atoms with van der Waals surface area (Å²) in [5.41, 5.74) is 1.32. The molecule has 2 unspecified atom stereocenters. The molecular formula is C15H20N2OS. The van der Waals surface area contributed by atoms with Crippen LogP contribution in [0, 0.1) is 0 Å². The van der Waals surface area contributed by atoms with Gasteiger partial charge in [-0.2, -0.15) is 0 Å². The highest BCUT2D eigenvalue weighted by atomic mass is 32.2. The summed E-state index contributed by atoms with van der Waals surface area (Å²) in [6.45, 7) is 2.02. The van der Waals surface area contributed by atoms with Gasteiger partial charge in [0.15, 0.2) is 0 Å². The van der Waals surface area contributed by atoms with E-state index >= 15 is 0 Å². The lowest BCUT2D eigenvalue weighted by atomic mass is 10.0. The molecule has 2 aliphatic heterocycles. The molecular weight excluding hydrogens is 256 g/mol. The van der Waals surface area contributed by atoms with Crippen LogP contribution < -0.4 is 5.32 Å². The lowest BCUT2D eigenvalue weighted by Gasteiger charge is -2.33. The zero-order valence-corrected chi connectivity index (χ0v) is 12.1. The molecule has 0 saturated carbocycles. The second-order valence-electron chi connectivity index (χ2n) is 5.37. The number of rotatable bonds is 2. The first-order valence-corrected chi connectivity index (χ1v) is 7.85. The normalized spacial score (nSPS) is 25.9. The third-order valence-corrected chi connectivity index (χ3v) is 5.39. The molecule has 0 aliphatic carbocycles. The number of piperidine rings is 1. The van der Waals surface area contributed by atoms with Crippen LogP contribution in [0.4, 0.5) is 0 Å². The molecule has 1 fully saturated rings. The number of nitrogens with zero attached hydrogens (tertiary/aromatic N) is 1. The van der Waals surface area contributed by atoms with Gasteiger partial charge >= 0.3 is 0 Å². The number of carbonyl (C=O) groups is 1. The topological polar surface area (TPSA) is 32.3 Å². The Morgan fingerprint density at radius 3 is 3.00 bits per heavy atom. The average molecular weight is 276 g/mol. The van der Waals surface area contributed by atoms with Gasteiger partial charge in [0.1, 0.15) is 0 Å². The highest BCUT2D eigenvalue weighted by molar-refractivity contribution is 8.01. The quantitative estimate of drug-likeness (QED) is 0.895. The Bertz CT molecular complexity index is 446. The van der Waals surface area contributed by atoms with Crippen LogP contribution in [0.2, 0.25) is 0 Å². The number of carbonyl (C=O) groups excluding carboxylic acids is 1. The molecule has 3 rings (SSSR count). The summed E-state index contributed by atoms with van der Waals surface area (Å²) in [6.07, 6.45) is 3.17. The highest BCUT2D eigenvalue weighted by Gasteiger charge is 2.32. The molecule has 0 bridgehead atoms. The maximum atomic E-state index is 12.6. The fourth-order valence-corrected chi connectivity index (χ4v) is 4.19. The molecule has 1 aromatic rings. The number of hydrogen-bond donors (Lipinski definition) is 1. The average Bonchev–Trinajstić information content (AvgIpc) is 2.90. The number of nitrogens with one attached hydrogen (secondary N) is 1. The van der Waals surface area contributed by atoms with E-state index in [1.807, 2.05) is 18.0 Å². The zero-order chi connectivity index (χ0) is 13.2. The van der Waals surface area contributed by atoms with Crippen LogP contribution in [0.5, 0.6) is 0 Å². The predicted molar refractivity (Wildman–Crippen MR) is 78.5 cm³/mol. The fraction of sp³-hybridized carbons (Fsp3) is 0.533. The minimum Gasteiger partial charge on any atom is -0.341 e. The molecule has 1 amide bonds. The van der Waals surface area contributed by atoms with Crippen molar-refractivity contribution in [3.63, 3.8) is 0 Å². The largest absolute Gasteiger partial charge is 0.341 e. The van der Waals surface area contributed by atoms with Crippen molar-refractivity contribution in [3.8, 4) is 0 Å². The SMILES string of the molecule is CN(C(=O)C1Cc2ccccc2S1)C1CCCNC1. The van der Waals surface area contributed by atoms with E-state index in [9.17, 15) is 4.79 Å². The summed E-state index contributed by atoms with van der Waals surface area (Å²) in [7, 11) is 1.96. The minimum absolute atomic E-state index is 0.0735. The van der Waals surface area contributed by atoms with E-state index in [4.69, 9.17) is 0 Å². The zero-order valence-electron chi connectivity index (χ0n) is 11.3. The number of likely N-dealkylation sites (N-methyl/N-ethyl adjacent to an activating group) is 1. The van der Waals surface area contributed by atoms with Crippen molar-refractivity contribution in [3.05, 3.63) is 29.8 Å². The van der Waals surface area contributed by atoms with E-state index in [-0.39, 0.29) is 11.2 Å². The first-order chi connectivity index (χ1) is 9.25. The number of thioether (sulfide) groups is 1. The van der Waals surface area contributed by atoms with E-state index in [2.05, 4.69) is 23.5 Å². The lowest BCUT2D eigenvalue weighted by Crippen LogP contribution is -2.49. The van der Waals surface area contributed by atoms with Crippen LogP contribution in [0.25, 0.3) is 0 Å². The summed E-state index contributed by atoms with van der Waals surface area (Å²) in [6, 6.07) is 8.73. The van der Waals surface area contributed by atoms with Crippen LogP contribution in [-0.4, -0.2) is 42.2 Å². The van der Waals surface area contributed by atoms with Gasteiger partial charge in [0.25, 0.3) is 0 Å². The second-order valence-corrected chi connectivity index (χ2v) is 6.61. The molecule has 19 heavy (non-hydrogen) atoms. The minimum atomic E-state index is 0.0735. The third-order valence-electron chi connectivity index (χ3n) is 4.09. The first-order valence-electron chi connectivity index (χ1n) is 6.97. The highest BCUT2D eigenvalue weighted by Crippen LogP contribution is 2.37. The van der Waals surface area contributed by atoms with E-state index < -0.39 is 0 Å². The third kappa shape index (κ3) is 2.65. The van der Waals surface area contributed by atoms with Crippen molar-refractivity contribution in [1.29, 1.82) is 0 Å². The van der Waals surface area contributed by atoms with Gasteiger partial charge in [0.2, 0.25) is 5.91 Å². The molecule has 102 valence electrons. The maximum Gasteiger partial charge on any atom is 0.236 e. The fourth-order valence-electron chi connectivity index (χ4n) is 2.89. The van der Waals surface area contributed by atoms with Crippen LogP contribution in [0.3, 0.4) is 0 Å². The van der Waals surface area contributed by atoms with Crippen molar-refractivity contribution in [2.45, 2.75) is 35.4 Å². The molecule has 4 heteroatoms. The Hall–Kier alpha value is -1.00. The van der Waals surface area contributed by atoms with E-state index in [0.29, 0.717) is 6.04 Å². The molecule has 2 atom stereocenters. The summed E-state index contributed by atoms with van der Waals surface area (Å²) in [5, 5.41) is 3.45. The summed E-state index contributed by atoms with van der Waals surface area (Å²) < 4.78 is 0. The van der Waals surface area contributed by atoms with E-state index in [1.165, 1.54) is 16.9 Å². The molecule has 0 radical (unpaired) electrons. The monoisotopic (exact) mass is 276 g/mol. The second kappa shape index (κ2) is 5.55. The molecule has 0 spiro atoms. The Morgan fingerprint density at radius 2 is 2.26 bits per heavy atom.